The van der Waals surface area contributed by atoms with Crippen molar-refractivity contribution < 1.29 is 4.39 Å². The number of halogens is 1. The Labute approximate surface area is 98.3 Å². The van der Waals surface area contributed by atoms with Crippen LogP contribution in [-0.2, 0) is 0 Å². The maximum Gasteiger partial charge on any atom is 0.124 e. The number of benzene rings is 1. The highest BCUT2D eigenvalue weighted by Gasteiger charge is 2.38. The van der Waals surface area contributed by atoms with Crippen LogP contribution in [0.15, 0.2) is 24.3 Å². The van der Waals surface area contributed by atoms with Crippen LogP contribution in [-0.4, -0.2) is 13.6 Å². The Morgan fingerprint density at radius 3 is 3.12 bits per heavy atom. The molecule has 1 aliphatic rings. The zero-order chi connectivity index (χ0) is 11.1. The van der Waals surface area contributed by atoms with Crippen molar-refractivity contribution in [2.24, 2.45) is 5.92 Å². The summed E-state index contributed by atoms with van der Waals surface area (Å²) in [6.45, 7) is 1.09. The number of fused-ring (bicyclic) bond motifs is 1. The first kappa shape index (κ1) is 10.2. The van der Waals surface area contributed by atoms with E-state index in [1.165, 1.54) is 22.8 Å². The Morgan fingerprint density at radius 2 is 2.31 bits per heavy atom. The molecule has 1 aliphatic carbocycles. The van der Waals surface area contributed by atoms with E-state index in [-0.39, 0.29) is 5.82 Å². The molecule has 16 heavy (non-hydrogen) atoms. The number of hydrogen-bond donors (Lipinski definition) is 1. The summed E-state index contributed by atoms with van der Waals surface area (Å²) in [5.41, 5.74) is 0. The summed E-state index contributed by atoms with van der Waals surface area (Å²) < 4.78 is 14.1. The van der Waals surface area contributed by atoms with E-state index >= 15 is 0 Å². The van der Waals surface area contributed by atoms with Gasteiger partial charge in [0.05, 0.1) is 0 Å². The van der Waals surface area contributed by atoms with Crippen LogP contribution in [0.2, 0.25) is 0 Å². The normalized spacial score (nSPS) is 23.9. The lowest BCUT2D eigenvalue weighted by atomic mass is 10.2. The summed E-state index contributed by atoms with van der Waals surface area (Å²) >= 11 is 1.74. The van der Waals surface area contributed by atoms with E-state index in [0.29, 0.717) is 5.92 Å². The van der Waals surface area contributed by atoms with Crippen molar-refractivity contribution in [3.05, 3.63) is 35.0 Å². The molecule has 0 amide bonds. The molecule has 1 nitrogen and oxygen atoms in total. The maximum atomic E-state index is 13.1. The molecule has 1 aromatic carbocycles. The predicted octanol–water partition coefficient (Wildman–Crippen LogP) is 3.36. The number of rotatable bonds is 3. The predicted molar refractivity (Wildman–Crippen MR) is 66.6 cm³/mol. The fourth-order valence-corrected chi connectivity index (χ4v) is 3.59. The summed E-state index contributed by atoms with van der Waals surface area (Å²) in [5.74, 6) is 1.35. The van der Waals surface area contributed by atoms with Gasteiger partial charge in [-0.1, -0.05) is 6.07 Å². The average Bonchev–Trinajstić information content (AvgIpc) is 2.90. The van der Waals surface area contributed by atoms with Crippen molar-refractivity contribution >= 4 is 21.4 Å². The van der Waals surface area contributed by atoms with Crippen molar-refractivity contribution in [3.8, 4) is 0 Å². The second-order valence-electron chi connectivity index (χ2n) is 4.49. The summed E-state index contributed by atoms with van der Waals surface area (Å²) in [7, 11) is 2.00. The van der Waals surface area contributed by atoms with E-state index in [1.807, 2.05) is 13.1 Å². The lowest BCUT2D eigenvalue weighted by Gasteiger charge is -1.94. The van der Waals surface area contributed by atoms with Gasteiger partial charge in [-0.25, -0.2) is 4.39 Å². The molecular formula is C13H14FNS. The van der Waals surface area contributed by atoms with Crippen LogP contribution < -0.4 is 5.32 Å². The Bertz CT molecular complexity index is 520. The molecule has 84 valence electrons. The maximum absolute atomic E-state index is 13.1. The number of thiophene rings is 1. The number of nitrogens with one attached hydrogen (secondary N) is 1. The van der Waals surface area contributed by atoms with Gasteiger partial charge < -0.3 is 5.32 Å². The average molecular weight is 235 g/mol. The quantitative estimate of drug-likeness (QED) is 0.860. The van der Waals surface area contributed by atoms with Crippen molar-refractivity contribution in [1.29, 1.82) is 0 Å². The molecule has 0 aliphatic heterocycles. The highest BCUT2D eigenvalue weighted by Crippen LogP contribution is 2.50. The second-order valence-corrected chi connectivity index (χ2v) is 5.61. The van der Waals surface area contributed by atoms with E-state index in [9.17, 15) is 4.39 Å². The molecule has 1 aromatic heterocycles. The lowest BCUT2D eigenvalue weighted by Crippen LogP contribution is -2.09. The third kappa shape index (κ3) is 1.74. The summed E-state index contributed by atoms with van der Waals surface area (Å²) in [5, 5.41) is 4.39. The van der Waals surface area contributed by atoms with Crippen LogP contribution in [0.5, 0.6) is 0 Å². The van der Waals surface area contributed by atoms with Crippen LogP contribution in [0.1, 0.15) is 17.2 Å². The third-order valence-electron chi connectivity index (χ3n) is 3.26. The van der Waals surface area contributed by atoms with Gasteiger partial charge in [0, 0.05) is 9.58 Å². The van der Waals surface area contributed by atoms with Gasteiger partial charge in [0.25, 0.3) is 0 Å². The minimum Gasteiger partial charge on any atom is -0.319 e. The molecule has 0 bridgehead atoms. The second kappa shape index (κ2) is 3.82. The minimum atomic E-state index is -0.136. The van der Waals surface area contributed by atoms with Crippen LogP contribution in [0.25, 0.3) is 10.1 Å². The third-order valence-corrected chi connectivity index (χ3v) is 4.49. The largest absolute Gasteiger partial charge is 0.319 e. The first-order valence-electron chi connectivity index (χ1n) is 5.61. The SMILES string of the molecule is CNCC1C[C@@H]1c1cc2ccc(F)cc2s1. The molecule has 1 N–H and O–H groups in total. The summed E-state index contributed by atoms with van der Waals surface area (Å²) in [4.78, 5) is 1.42. The Morgan fingerprint density at radius 1 is 1.44 bits per heavy atom. The van der Waals surface area contributed by atoms with Crippen molar-refractivity contribution in [3.63, 3.8) is 0 Å². The van der Waals surface area contributed by atoms with Crippen LogP contribution in [0.4, 0.5) is 4.39 Å². The van der Waals surface area contributed by atoms with Gasteiger partial charge in [-0.3, -0.25) is 0 Å². The van der Waals surface area contributed by atoms with Crippen LogP contribution in [0, 0.1) is 11.7 Å². The van der Waals surface area contributed by atoms with Crippen molar-refractivity contribution in [2.45, 2.75) is 12.3 Å². The molecule has 0 saturated heterocycles. The van der Waals surface area contributed by atoms with E-state index in [2.05, 4.69) is 11.4 Å². The highest BCUT2D eigenvalue weighted by molar-refractivity contribution is 7.19. The Hall–Kier alpha value is -0.930. The number of hydrogen-bond acceptors (Lipinski definition) is 2. The van der Waals surface area contributed by atoms with Gasteiger partial charge in [-0.15, -0.1) is 11.3 Å². The molecule has 2 atom stereocenters. The molecule has 1 fully saturated rings. The molecule has 1 heterocycles. The smallest absolute Gasteiger partial charge is 0.124 e. The highest BCUT2D eigenvalue weighted by atomic mass is 32.1. The van der Waals surface area contributed by atoms with Crippen molar-refractivity contribution in [2.75, 3.05) is 13.6 Å². The standard InChI is InChI=1S/C13H14FNS/c1-15-7-9-4-11(9)13-5-8-2-3-10(14)6-12(8)16-13/h2-3,5-6,9,11,15H,4,7H2,1H3/t9?,11-/m0/s1. The molecule has 3 rings (SSSR count). The van der Waals surface area contributed by atoms with Crippen molar-refractivity contribution in [1.82, 2.24) is 5.32 Å². The van der Waals surface area contributed by atoms with E-state index < -0.39 is 0 Å². The zero-order valence-corrected chi connectivity index (χ0v) is 9.98. The van der Waals surface area contributed by atoms with Gasteiger partial charge in [-0.05, 0) is 55.4 Å². The van der Waals surface area contributed by atoms with Crippen LogP contribution >= 0.6 is 11.3 Å². The van der Waals surface area contributed by atoms with Gasteiger partial charge in [0.2, 0.25) is 0 Å². The van der Waals surface area contributed by atoms with E-state index in [1.54, 1.807) is 17.4 Å². The van der Waals surface area contributed by atoms with Gasteiger partial charge in [0.1, 0.15) is 5.82 Å². The Kier molecular flexibility index (Phi) is 2.45. The molecule has 2 aromatic rings. The summed E-state index contributed by atoms with van der Waals surface area (Å²) in [6.07, 6.45) is 1.27. The zero-order valence-electron chi connectivity index (χ0n) is 9.16. The Balaban J connectivity index is 1.89. The van der Waals surface area contributed by atoms with E-state index in [0.717, 1.165) is 17.2 Å². The molecule has 1 saturated carbocycles. The fraction of sp³-hybridized carbons (Fsp3) is 0.385. The molecule has 0 spiro atoms. The minimum absolute atomic E-state index is 0.136. The first-order chi connectivity index (χ1) is 7.78. The topological polar surface area (TPSA) is 12.0 Å². The van der Waals surface area contributed by atoms with E-state index in [4.69, 9.17) is 0 Å². The fourth-order valence-electron chi connectivity index (χ4n) is 2.29. The molecule has 0 radical (unpaired) electrons. The van der Waals surface area contributed by atoms with Gasteiger partial charge in [0.15, 0.2) is 0 Å². The molecular weight excluding hydrogens is 221 g/mol. The summed E-state index contributed by atoms with van der Waals surface area (Å²) in [6, 6.07) is 7.27. The van der Waals surface area contributed by atoms with Gasteiger partial charge >= 0.3 is 0 Å². The molecule has 3 heteroatoms. The lowest BCUT2D eigenvalue weighted by molar-refractivity contribution is 0.630. The monoisotopic (exact) mass is 235 g/mol. The van der Waals surface area contributed by atoms with Crippen LogP contribution in [0.3, 0.4) is 0 Å². The first-order valence-corrected chi connectivity index (χ1v) is 6.43. The molecule has 1 unspecified atom stereocenters. The van der Waals surface area contributed by atoms with Gasteiger partial charge in [-0.2, -0.15) is 0 Å².